The number of rotatable bonds is 1. The number of benzene rings is 1. The second-order valence-corrected chi connectivity index (χ2v) is 6.59. The number of nitrogens with zero attached hydrogens (tertiary/aromatic N) is 1. The van der Waals surface area contributed by atoms with Crippen molar-refractivity contribution in [2.45, 2.75) is 75.2 Å². The van der Waals surface area contributed by atoms with Gasteiger partial charge in [0.05, 0.1) is 0 Å². The van der Waals surface area contributed by atoms with Crippen LogP contribution in [0.15, 0.2) is 60.9 Å². The summed E-state index contributed by atoms with van der Waals surface area (Å²) in [6.07, 6.45) is 3.50. The van der Waals surface area contributed by atoms with Crippen LogP contribution in [0.4, 0.5) is 0 Å². The van der Waals surface area contributed by atoms with Gasteiger partial charge in [-0.2, -0.15) is 0 Å². The Morgan fingerprint density at radius 1 is 0.667 bits per heavy atom. The predicted octanol–water partition coefficient (Wildman–Crippen LogP) is 8.00. The Hall–Kier alpha value is -1.63. The first-order valence-corrected chi connectivity index (χ1v) is 9.20. The highest BCUT2D eigenvalue weighted by molar-refractivity contribution is 5.17. The zero-order valence-corrected chi connectivity index (χ0v) is 17.8. The van der Waals surface area contributed by atoms with Crippen molar-refractivity contribution in [2.24, 2.45) is 5.41 Å². The summed E-state index contributed by atoms with van der Waals surface area (Å²) in [5.74, 6) is 0.659. The Kier molecular flexibility index (Phi) is 22.0. The average molecular weight is 332 g/mol. The Balaban J connectivity index is -0.000000259. The number of pyridine rings is 1. The van der Waals surface area contributed by atoms with E-state index in [2.05, 4.69) is 70.8 Å². The fourth-order valence-corrected chi connectivity index (χ4v) is 1.15. The van der Waals surface area contributed by atoms with Crippen LogP contribution in [0, 0.1) is 5.41 Å². The van der Waals surface area contributed by atoms with E-state index in [1.54, 1.807) is 12.4 Å². The molecule has 2 aromatic rings. The molecule has 0 aliphatic carbocycles. The highest BCUT2D eigenvalue weighted by Gasteiger charge is 1.95. The molecule has 2 rings (SSSR count). The maximum atomic E-state index is 3.78. The average Bonchev–Trinajstić information content (AvgIpc) is 2.60. The molecule has 0 saturated heterocycles. The first-order valence-electron chi connectivity index (χ1n) is 9.20. The molecule has 1 heterocycles. The Labute approximate surface area is 152 Å². The van der Waals surface area contributed by atoms with E-state index in [0.29, 0.717) is 11.3 Å². The lowest BCUT2D eigenvalue weighted by Crippen LogP contribution is -1.93. The Bertz CT molecular complexity index is 380. The molecular weight excluding hydrogens is 290 g/mol. The molecule has 0 amide bonds. The fourth-order valence-electron chi connectivity index (χ4n) is 1.15. The minimum atomic E-state index is 0.500. The van der Waals surface area contributed by atoms with Crippen molar-refractivity contribution in [3.63, 3.8) is 0 Å². The van der Waals surface area contributed by atoms with Gasteiger partial charge < -0.3 is 0 Å². The van der Waals surface area contributed by atoms with Crippen LogP contribution < -0.4 is 0 Å². The van der Waals surface area contributed by atoms with E-state index in [0.717, 1.165) is 0 Å². The topological polar surface area (TPSA) is 12.9 Å². The second kappa shape index (κ2) is 19.4. The van der Waals surface area contributed by atoms with E-state index in [1.165, 1.54) is 5.56 Å². The molecule has 1 nitrogen and oxygen atoms in total. The third kappa shape index (κ3) is 28.5. The van der Waals surface area contributed by atoms with Crippen LogP contribution in [0.3, 0.4) is 0 Å². The molecule has 0 N–H and O–H groups in total. The molecule has 0 spiro atoms. The minimum absolute atomic E-state index is 0.500. The van der Waals surface area contributed by atoms with Crippen molar-refractivity contribution in [1.82, 2.24) is 4.98 Å². The van der Waals surface area contributed by atoms with Crippen molar-refractivity contribution in [3.8, 4) is 0 Å². The van der Waals surface area contributed by atoms with Crippen LogP contribution in [-0.2, 0) is 0 Å². The third-order valence-electron chi connectivity index (χ3n) is 2.03. The highest BCUT2D eigenvalue weighted by atomic mass is 14.6. The lowest BCUT2D eigenvalue weighted by Gasteiger charge is -2.05. The van der Waals surface area contributed by atoms with E-state index in [1.807, 2.05) is 52.0 Å². The molecule has 0 unspecified atom stereocenters. The largest absolute Gasteiger partial charge is 0.265 e. The molecule has 24 heavy (non-hydrogen) atoms. The van der Waals surface area contributed by atoms with Gasteiger partial charge in [-0.25, -0.2) is 0 Å². The van der Waals surface area contributed by atoms with E-state index < -0.39 is 0 Å². The molecule has 0 radical (unpaired) electrons. The maximum absolute atomic E-state index is 3.78. The second-order valence-electron chi connectivity index (χ2n) is 6.59. The van der Waals surface area contributed by atoms with Gasteiger partial charge in [0.1, 0.15) is 0 Å². The summed E-state index contributed by atoms with van der Waals surface area (Å²) < 4.78 is 0. The van der Waals surface area contributed by atoms with Crippen molar-refractivity contribution < 1.29 is 0 Å². The van der Waals surface area contributed by atoms with Crippen LogP contribution in [-0.4, -0.2) is 4.98 Å². The van der Waals surface area contributed by atoms with Gasteiger partial charge in [0, 0.05) is 12.4 Å². The van der Waals surface area contributed by atoms with E-state index >= 15 is 0 Å². The maximum Gasteiger partial charge on any atom is 0.0267 e. The fraction of sp³-hybridized carbons (Fsp3) is 0.522. The highest BCUT2D eigenvalue weighted by Crippen LogP contribution is 2.11. The monoisotopic (exact) mass is 331 g/mol. The summed E-state index contributed by atoms with van der Waals surface area (Å²) in [4.78, 5) is 3.78. The quantitative estimate of drug-likeness (QED) is 0.516. The summed E-state index contributed by atoms with van der Waals surface area (Å²) in [6.45, 7) is 21.2. The van der Waals surface area contributed by atoms with Gasteiger partial charge in [-0.3, -0.25) is 4.98 Å². The summed E-state index contributed by atoms with van der Waals surface area (Å²) in [5.41, 5.74) is 1.91. The first kappa shape index (κ1) is 27.2. The Morgan fingerprint density at radius 2 is 1.00 bits per heavy atom. The van der Waals surface area contributed by atoms with Crippen molar-refractivity contribution in [3.05, 3.63) is 66.5 Å². The van der Waals surface area contributed by atoms with Crippen LogP contribution in [0.25, 0.3) is 0 Å². The summed E-state index contributed by atoms with van der Waals surface area (Å²) in [6, 6.07) is 16.2. The van der Waals surface area contributed by atoms with Crippen molar-refractivity contribution >= 4 is 0 Å². The van der Waals surface area contributed by atoms with Gasteiger partial charge in [0.25, 0.3) is 0 Å². The Morgan fingerprint density at radius 3 is 1.17 bits per heavy atom. The molecule has 0 saturated carbocycles. The lowest BCUT2D eigenvalue weighted by molar-refractivity contribution is 0.469. The SMILES string of the molecule is CC.CC.CC(C)(C)C.CC(C)c1ccccc1.c1ccncc1. The van der Waals surface area contributed by atoms with E-state index in [4.69, 9.17) is 0 Å². The van der Waals surface area contributed by atoms with Gasteiger partial charge in [-0.15, -0.1) is 0 Å². The standard InChI is InChI=1S/C9H12.C5H5N.C5H12.2C2H6/c1-8(2)9-6-4-3-5-7-9;1-2-4-6-5-3-1;1-5(2,3)4;2*1-2/h3-8H,1-2H3;1-5H;1-4H3;2*1-2H3. The van der Waals surface area contributed by atoms with Crippen molar-refractivity contribution in [1.29, 1.82) is 0 Å². The number of hydrogen-bond donors (Lipinski definition) is 0. The van der Waals surface area contributed by atoms with Gasteiger partial charge in [-0.05, 0) is 29.0 Å². The molecule has 138 valence electrons. The van der Waals surface area contributed by atoms with E-state index in [9.17, 15) is 0 Å². The smallest absolute Gasteiger partial charge is 0.0267 e. The molecule has 1 aromatic carbocycles. The van der Waals surface area contributed by atoms with Gasteiger partial charge >= 0.3 is 0 Å². The van der Waals surface area contributed by atoms with Gasteiger partial charge in [-0.1, -0.05) is 106 Å². The van der Waals surface area contributed by atoms with Crippen LogP contribution in [0.5, 0.6) is 0 Å². The molecular formula is C23H41N. The van der Waals surface area contributed by atoms with Gasteiger partial charge in [0.2, 0.25) is 0 Å². The summed E-state index contributed by atoms with van der Waals surface area (Å²) >= 11 is 0. The normalized spacial score (nSPS) is 8.79. The van der Waals surface area contributed by atoms with Crippen LogP contribution in [0.2, 0.25) is 0 Å². The van der Waals surface area contributed by atoms with Crippen LogP contribution in [0.1, 0.15) is 80.7 Å². The minimum Gasteiger partial charge on any atom is -0.265 e. The molecule has 0 aliphatic rings. The molecule has 1 aromatic heterocycles. The van der Waals surface area contributed by atoms with Crippen molar-refractivity contribution in [2.75, 3.05) is 0 Å². The molecule has 0 bridgehead atoms. The molecule has 0 aliphatic heterocycles. The zero-order valence-electron chi connectivity index (χ0n) is 17.8. The third-order valence-corrected chi connectivity index (χ3v) is 2.03. The van der Waals surface area contributed by atoms with Crippen LogP contribution >= 0.6 is 0 Å². The summed E-state index contributed by atoms with van der Waals surface area (Å²) in [7, 11) is 0. The molecule has 0 atom stereocenters. The number of aromatic nitrogens is 1. The number of hydrogen-bond acceptors (Lipinski definition) is 1. The summed E-state index contributed by atoms with van der Waals surface area (Å²) in [5, 5.41) is 0. The first-order chi connectivity index (χ1) is 11.3. The zero-order chi connectivity index (χ0) is 19.4. The van der Waals surface area contributed by atoms with E-state index in [-0.39, 0.29) is 0 Å². The molecule has 1 heteroatoms. The van der Waals surface area contributed by atoms with Gasteiger partial charge in [0.15, 0.2) is 0 Å². The predicted molar refractivity (Wildman–Crippen MR) is 113 cm³/mol. The lowest BCUT2D eigenvalue weighted by atomic mass is 10.0. The molecule has 0 fully saturated rings.